The first-order chi connectivity index (χ1) is 12.0. The number of carbonyl (C=O) groups is 1. The van der Waals surface area contributed by atoms with Crippen molar-refractivity contribution in [3.05, 3.63) is 63.4 Å². The summed E-state index contributed by atoms with van der Waals surface area (Å²) in [5.41, 5.74) is 3.08. The van der Waals surface area contributed by atoms with Crippen molar-refractivity contribution in [1.82, 2.24) is 9.88 Å². The standard InChI is InChI=1S/C19H20Cl2N2O2/c1-12-10-22-7-6-15(12)18(16-5-4-14(20)9-17(16)21)23-8-2-3-13(11-23)19(24)25/h4-7,9-10,13,18H,2-3,8,11H2,1H3,(H,24,25). The zero-order valence-corrected chi connectivity index (χ0v) is 15.5. The normalized spacial score (nSPS) is 19.6. The fraction of sp³-hybridized carbons (Fsp3) is 0.368. The lowest BCUT2D eigenvalue weighted by atomic mass is 9.90. The van der Waals surface area contributed by atoms with Gasteiger partial charge in [0, 0.05) is 29.0 Å². The second-order valence-corrected chi connectivity index (χ2v) is 7.32. The molecule has 0 aliphatic carbocycles. The van der Waals surface area contributed by atoms with Crippen LogP contribution in [0.4, 0.5) is 0 Å². The second kappa shape index (κ2) is 7.73. The number of carboxylic acid groups (broad SMARTS) is 1. The Morgan fingerprint density at radius 1 is 1.32 bits per heavy atom. The van der Waals surface area contributed by atoms with E-state index in [2.05, 4.69) is 9.88 Å². The molecule has 1 aliphatic rings. The summed E-state index contributed by atoms with van der Waals surface area (Å²) in [7, 11) is 0. The second-order valence-electron chi connectivity index (χ2n) is 6.47. The molecule has 0 radical (unpaired) electrons. The number of aliphatic carboxylic acids is 1. The van der Waals surface area contributed by atoms with E-state index in [1.165, 1.54) is 0 Å². The summed E-state index contributed by atoms with van der Waals surface area (Å²) in [6.45, 7) is 3.34. The van der Waals surface area contributed by atoms with Gasteiger partial charge in [0.25, 0.3) is 0 Å². The molecule has 1 N–H and O–H groups in total. The molecular formula is C19H20Cl2N2O2. The fourth-order valence-electron chi connectivity index (χ4n) is 3.52. The Labute approximate surface area is 157 Å². The lowest BCUT2D eigenvalue weighted by Crippen LogP contribution is -2.41. The maximum absolute atomic E-state index is 11.5. The molecule has 0 bridgehead atoms. The number of nitrogens with zero attached hydrogens (tertiary/aromatic N) is 2. The van der Waals surface area contributed by atoms with E-state index in [-0.39, 0.29) is 12.0 Å². The fourth-order valence-corrected chi connectivity index (χ4v) is 4.03. The first-order valence-electron chi connectivity index (χ1n) is 8.29. The highest BCUT2D eigenvalue weighted by Crippen LogP contribution is 2.38. The summed E-state index contributed by atoms with van der Waals surface area (Å²) in [5, 5.41) is 10.6. The molecule has 1 fully saturated rings. The Kier molecular flexibility index (Phi) is 5.62. The molecule has 1 saturated heterocycles. The van der Waals surface area contributed by atoms with Gasteiger partial charge in [0.05, 0.1) is 12.0 Å². The van der Waals surface area contributed by atoms with Crippen molar-refractivity contribution in [2.75, 3.05) is 13.1 Å². The lowest BCUT2D eigenvalue weighted by Gasteiger charge is -2.38. The molecular weight excluding hydrogens is 359 g/mol. The van der Waals surface area contributed by atoms with E-state index in [0.717, 1.165) is 29.7 Å². The van der Waals surface area contributed by atoms with E-state index in [1.807, 2.05) is 31.3 Å². The first kappa shape index (κ1) is 18.2. The Balaban J connectivity index is 2.06. The number of aryl methyl sites for hydroxylation is 1. The van der Waals surface area contributed by atoms with Crippen LogP contribution in [0.2, 0.25) is 10.0 Å². The number of hydrogen-bond donors (Lipinski definition) is 1. The predicted octanol–water partition coefficient (Wildman–Crippen LogP) is 4.58. The number of carboxylic acids is 1. The van der Waals surface area contributed by atoms with Crippen molar-refractivity contribution in [3.8, 4) is 0 Å². The number of hydrogen-bond acceptors (Lipinski definition) is 3. The summed E-state index contributed by atoms with van der Waals surface area (Å²) in [6, 6.07) is 7.36. The molecule has 1 aromatic heterocycles. The average molecular weight is 379 g/mol. The Hall–Kier alpha value is -1.62. The topological polar surface area (TPSA) is 53.4 Å². The Bertz CT molecular complexity index is 782. The van der Waals surface area contributed by atoms with E-state index < -0.39 is 5.97 Å². The minimum Gasteiger partial charge on any atom is -0.481 e. The Morgan fingerprint density at radius 3 is 2.80 bits per heavy atom. The minimum absolute atomic E-state index is 0.116. The van der Waals surface area contributed by atoms with Crippen molar-refractivity contribution in [1.29, 1.82) is 0 Å². The molecule has 6 heteroatoms. The van der Waals surface area contributed by atoms with E-state index in [0.29, 0.717) is 23.0 Å². The molecule has 3 rings (SSSR count). The zero-order chi connectivity index (χ0) is 18.0. The van der Waals surface area contributed by atoms with Crippen LogP contribution in [0.15, 0.2) is 36.7 Å². The third-order valence-electron chi connectivity index (χ3n) is 4.78. The third kappa shape index (κ3) is 3.97. The van der Waals surface area contributed by atoms with Crippen LogP contribution in [0.3, 0.4) is 0 Å². The highest BCUT2D eigenvalue weighted by Gasteiger charge is 2.32. The van der Waals surface area contributed by atoms with E-state index in [4.69, 9.17) is 23.2 Å². The molecule has 2 heterocycles. The number of benzene rings is 1. The van der Waals surface area contributed by atoms with Crippen LogP contribution in [0.1, 0.15) is 35.6 Å². The van der Waals surface area contributed by atoms with E-state index in [9.17, 15) is 9.90 Å². The van der Waals surface area contributed by atoms with Crippen molar-refractivity contribution in [2.45, 2.75) is 25.8 Å². The van der Waals surface area contributed by atoms with Crippen LogP contribution >= 0.6 is 23.2 Å². The van der Waals surface area contributed by atoms with Gasteiger partial charge in [0.1, 0.15) is 0 Å². The van der Waals surface area contributed by atoms with E-state index in [1.54, 1.807) is 12.3 Å². The number of rotatable bonds is 4. The molecule has 1 aliphatic heterocycles. The van der Waals surface area contributed by atoms with Gasteiger partial charge >= 0.3 is 5.97 Å². The van der Waals surface area contributed by atoms with Crippen LogP contribution < -0.4 is 0 Å². The van der Waals surface area contributed by atoms with Crippen LogP contribution in [0.25, 0.3) is 0 Å². The highest BCUT2D eigenvalue weighted by atomic mass is 35.5. The lowest BCUT2D eigenvalue weighted by molar-refractivity contribution is -0.143. The summed E-state index contributed by atoms with van der Waals surface area (Å²) < 4.78 is 0. The summed E-state index contributed by atoms with van der Waals surface area (Å²) in [4.78, 5) is 17.9. The maximum Gasteiger partial charge on any atom is 0.307 e. The van der Waals surface area contributed by atoms with Gasteiger partial charge in [0.15, 0.2) is 0 Å². The maximum atomic E-state index is 11.5. The molecule has 0 spiro atoms. The van der Waals surface area contributed by atoms with Crippen molar-refractivity contribution in [3.63, 3.8) is 0 Å². The highest BCUT2D eigenvalue weighted by molar-refractivity contribution is 6.35. The first-order valence-corrected chi connectivity index (χ1v) is 9.05. The molecule has 2 aromatic rings. The van der Waals surface area contributed by atoms with E-state index >= 15 is 0 Å². The van der Waals surface area contributed by atoms with Gasteiger partial charge in [-0.05, 0) is 61.2 Å². The summed E-state index contributed by atoms with van der Waals surface area (Å²) in [5.74, 6) is -1.10. The van der Waals surface area contributed by atoms with Crippen molar-refractivity contribution in [2.24, 2.45) is 5.92 Å². The molecule has 2 unspecified atom stereocenters. The molecule has 2 atom stereocenters. The van der Waals surface area contributed by atoms with Gasteiger partial charge in [-0.2, -0.15) is 0 Å². The summed E-state index contributed by atoms with van der Waals surface area (Å²) in [6.07, 6.45) is 5.15. The molecule has 1 aromatic carbocycles. The van der Waals surface area contributed by atoms with Gasteiger partial charge in [-0.3, -0.25) is 14.7 Å². The molecule has 25 heavy (non-hydrogen) atoms. The summed E-state index contributed by atoms with van der Waals surface area (Å²) >= 11 is 12.6. The number of piperidine rings is 1. The SMILES string of the molecule is Cc1cnccc1C(c1ccc(Cl)cc1Cl)N1CCCC(C(=O)O)C1. The molecule has 132 valence electrons. The van der Waals surface area contributed by atoms with Gasteiger partial charge in [-0.25, -0.2) is 0 Å². The average Bonchev–Trinajstić information content (AvgIpc) is 2.59. The number of aromatic nitrogens is 1. The van der Waals surface area contributed by atoms with Crippen molar-refractivity contribution >= 4 is 29.2 Å². The van der Waals surface area contributed by atoms with Gasteiger partial charge in [-0.15, -0.1) is 0 Å². The zero-order valence-electron chi connectivity index (χ0n) is 14.0. The van der Waals surface area contributed by atoms with Crippen LogP contribution in [-0.2, 0) is 4.79 Å². The largest absolute Gasteiger partial charge is 0.481 e. The smallest absolute Gasteiger partial charge is 0.307 e. The van der Waals surface area contributed by atoms with Crippen LogP contribution in [0, 0.1) is 12.8 Å². The number of halogens is 2. The number of pyridine rings is 1. The van der Waals surface area contributed by atoms with Gasteiger partial charge in [0.2, 0.25) is 0 Å². The van der Waals surface area contributed by atoms with Crippen LogP contribution in [-0.4, -0.2) is 34.0 Å². The third-order valence-corrected chi connectivity index (χ3v) is 5.34. The molecule has 0 saturated carbocycles. The van der Waals surface area contributed by atoms with Gasteiger partial charge < -0.3 is 5.11 Å². The van der Waals surface area contributed by atoms with Crippen molar-refractivity contribution < 1.29 is 9.90 Å². The molecule has 0 amide bonds. The van der Waals surface area contributed by atoms with Gasteiger partial charge in [-0.1, -0.05) is 29.3 Å². The monoisotopic (exact) mass is 378 g/mol. The van der Waals surface area contributed by atoms with Crippen LogP contribution in [0.5, 0.6) is 0 Å². The predicted molar refractivity (Wildman–Crippen MR) is 99.2 cm³/mol. The quantitative estimate of drug-likeness (QED) is 0.845. The number of likely N-dealkylation sites (tertiary alicyclic amines) is 1. The Morgan fingerprint density at radius 2 is 2.12 bits per heavy atom. The molecule has 4 nitrogen and oxygen atoms in total. The minimum atomic E-state index is -0.739.